The van der Waals surface area contributed by atoms with E-state index in [1.807, 2.05) is 23.9 Å². The van der Waals surface area contributed by atoms with Gasteiger partial charge in [-0.25, -0.2) is 0 Å². The first kappa shape index (κ1) is 9.06. The summed E-state index contributed by atoms with van der Waals surface area (Å²) >= 11 is 5.86. The molecule has 2 rings (SSSR count). The number of nitrogens with zero attached hydrogens (tertiary/aromatic N) is 1. The first-order chi connectivity index (χ1) is 6.25. The van der Waals surface area contributed by atoms with E-state index in [4.69, 9.17) is 16.3 Å². The van der Waals surface area contributed by atoms with Crippen molar-refractivity contribution in [2.75, 3.05) is 13.2 Å². The van der Waals surface area contributed by atoms with Crippen molar-refractivity contribution in [3.8, 4) is 0 Å². The van der Waals surface area contributed by atoms with E-state index >= 15 is 0 Å². The van der Waals surface area contributed by atoms with Gasteiger partial charge in [0.05, 0.1) is 24.3 Å². The Kier molecular flexibility index (Phi) is 2.58. The second-order valence-corrected chi connectivity index (χ2v) is 3.81. The van der Waals surface area contributed by atoms with Crippen molar-refractivity contribution in [3.05, 3.63) is 23.0 Å². The normalized spacial score (nSPS) is 17.4. The molecule has 0 unspecified atom stereocenters. The average Bonchev–Trinajstić information content (AvgIpc) is 2.27. The van der Waals surface area contributed by atoms with Crippen LogP contribution in [0, 0.1) is 0 Å². The van der Waals surface area contributed by atoms with Gasteiger partial charge < -0.3 is 14.6 Å². The molecule has 0 spiro atoms. The number of aromatic nitrogens is 1. The van der Waals surface area contributed by atoms with Crippen LogP contribution in [-0.2, 0) is 18.3 Å². The highest BCUT2D eigenvalue weighted by molar-refractivity contribution is 6.30. The Hall–Kier alpha value is -0.510. The summed E-state index contributed by atoms with van der Waals surface area (Å²) in [5.41, 5.74) is 1.21. The standard InChI is InChI=1S/C9H13ClN2O/c1-12-4-7(10)2-9(12)3-11-8-5-13-6-8/h2,4,8,11H,3,5-6H2,1H3. The van der Waals surface area contributed by atoms with Crippen LogP contribution in [0.1, 0.15) is 5.69 Å². The molecule has 1 aromatic rings. The molecule has 1 aliphatic rings. The smallest absolute Gasteiger partial charge is 0.0643 e. The molecule has 1 aliphatic heterocycles. The van der Waals surface area contributed by atoms with Crippen molar-refractivity contribution in [2.45, 2.75) is 12.6 Å². The molecule has 13 heavy (non-hydrogen) atoms. The Balaban J connectivity index is 1.89. The van der Waals surface area contributed by atoms with Crippen LogP contribution in [0.15, 0.2) is 12.3 Å². The molecule has 0 aliphatic carbocycles. The molecule has 4 heteroatoms. The number of ether oxygens (including phenoxy) is 1. The van der Waals surface area contributed by atoms with E-state index in [2.05, 4.69) is 5.32 Å². The van der Waals surface area contributed by atoms with Gasteiger partial charge in [-0.3, -0.25) is 0 Å². The summed E-state index contributed by atoms with van der Waals surface area (Å²) in [6, 6.07) is 2.50. The molecule has 0 bridgehead atoms. The van der Waals surface area contributed by atoms with Crippen LogP contribution in [0.4, 0.5) is 0 Å². The fourth-order valence-electron chi connectivity index (χ4n) is 1.34. The lowest BCUT2D eigenvalue weighted by molar-refractivity contribution is -0.00598. The molecule has 2 heterocycles. The topological polar surface area (TPSA) is 26.2 Å². The van der Waals surface area contributed by atoms with Crippen molar-refractivity contribution in [1.82, 2.24) is 9.88 Å². The van der Waals surface area contributed by atoms with Crippen LogP contribution < -0.4 is 5.32 Å². The molecule has 0 aromatic carbocycles. The third-order valence-corrected chi connectivity index (χ3v) is 2.49. The second kappa shape index (κ2) is 3.70. The summed E-state index contributed by atoms with van der Waals surface area (Å²) in [6.07, 6.45) is 1.91. The summed E-state index contributed by atoms with van der Waals surface area (Å²) in [5.74, 6) is 0. The number of nitrogens with one attached hydrogen (secondary N) is 1. The fraction of sp³-hybridized carbons (Fsp3) is 0.556. The lowest BCUT2D eigenvalue weighted by atomic mass is 10.2. The Morgan fingerprint density at radius 1 is 1.69 bits per heavy atom. The highest BCUT2D eigenvalue weighted by Gasteiger charge is 2.17. The van der Waals surface area contributed by atoms with Gasteiger partial charge >= 0.3 is 0 Å². The predicted octanol–water partition coefficient (Wildman–Crippen LogP) is 1.17. The van der Waals surface area contributed by atoms with E-state index in [1.165, 1.54) is 5.69 Å². The molecule has 1 N–H and O–H groups in total. The van der Waals surface area contributed by atoms with Gasteiger partial charge in [0.25, 0.3) is 0 Å². The molecule has 1 fully saturated rings. The zero-order valence-corrected chi connectivity index (χ0v) is 8.34. The summed E-state index contributed by atoms with van der Waals surface area (Å²) in [7, 11) is 2.00. The molecule has 0 radical (unpaired) electrons. The van der Waals surface area contributed by atoms with Crippen LogP contribution >= 0.6 is 11.6 Å². The Bertz CT molecular complexity index is 294. The molecule has 1 aromatic heterocycles. The second-order valence-electron chi connectivity index (χ2n) is 3.38. The lowest BCUT2D eigenvalue weighted by Crippen LogP contribution is -2.45. The van der Waals surface area contributed by atoms with Gasteiger partial charge in [-0.05, 0) is 6.07 Å². The number of hydrogen-bond acceptors (Lipinski definition) is 2. The summed E-state index contributed by atoms with van der Waals surface area (Å²) < 4.78 is 7.10. The summed E-state index contributed by atoms with van der Waals surface area (Å²) in [6.45, 7) is 2.52. The first-order valence-electron chi connectivity index (χ1n) is 4.37. The largest absolute Gasteiger partial charge is 0.378 e. The van der Waals surface area contributed by atoms with Gasteiger partial charge in [0.2, 0.25) is 0 Å². The van der Waals surface area contributed by atoms with Gasteiger partial charge in [-0.1, -0.05) is 11.6 Å². The lowest BCUT2D eigenvalue weighted by Gasteiger charge is -2.26. The van der Waals surface area contributed by atoms with Crippen molar-refractivity contribution < 1.29 is 4.74 Å². The Morgan fingerprint density at radius 2 is 2.46 bits per heavy atom. The van der Waals surface area contributed by atoms with E-state index in [0.29, 0.717) is 6.04 Å². The molecule has 3 nitrogen and oxygen atoms in total. The molecule has 0 amide bonds. The Labute approximate surface area is 82.6 Å². The third kappa shape index (κ3) is 2.05. The monoisotopic (exact) mass is 200 g/mol. The van der Waals surface area contributed by atoms with Crippen LogP contribution in [0.25, 0.3) is 0 Å². The van der Waals surface area contributed by atoms with Crippen molar-refractivity contribution in [2.24, 2.45) is 7.05 Å². The van der Waals surface area contributed by atoms with Crippen molar-refractivity contribution >= 4 is 11.6 Å². The minimum absolute atomic E-state index is 0.522. The maximum atomic E-state index is 5.86. The average molecular weight is 201 g/mol. The molecule has 0 atom stereocenters. The highest BCUT2D eigenvalue weighted by Crippen LogP contribution is 2.13. The molecular weight excluding hydrogens is 188 g/mol. The van der Waals surface area contributed by atoms with Crippen molar-refractivity contribution in [3.63, 3.8) is 0 Å². The van der Waals surface area contributed by atoms with E-state index in [1.54, 1.807) is 0 Å². The quantitative estimate of drug-likeness (QED) is 0.793. The number of aryl methyl sites for hydroxylation is 1. The SMILES string of the molecule is Cn1cc(Cl)cc1CNC1COC1. The third-order valence-electron chi connectivity index (χ3n) is 2.28. The van der Waals surface area contributed by atoms with E-state index < -0.39 is 0 Å². The maximum Gasteiger partial charge on any atom is 0.0643 e. The summed E-state index contributed by atoms with van der Waals surface area (Å²) in [5, 5.41) is 4.18. The van der Waals surface area contributed by atoms with Crippen molar-refractivity contribution in [1.29, 1.82) is 0 Å². The molecular formula is C9H13ClN2O. The van der Waals surface area contributed by atoms with Gasteiger partial charge in [-0.15, -0.1) is 0 Å². The maximum absolute atomic E-state index is 5.86. The van der Waals surface area contributed by atoms with Crippen LogP contribution in [0.2, 0.25) is 5.02 Å². The minimum Gasteiger partial charge on any atom is -0.378 e. The van der Waals surface area contributed by atoms with E-state index in [0.717, 1.165) is 24.8 Å². The first-order valence-corrected chi connectivity index (χ1v) is 4.75. The van der Waals surface area contributed by atoms with Crippen LogP contribution in [0.3, 0.4) is 0 Å². The molecule has 72 valence electrons. The van der Waals surface area contributed by atoms with E-state index in [9.17, 15) is 0 Å². The molecule has 1 saturated heterocycles. The predicted molar refractivity (Wildman–Crippen MR) is 51.9 cm³/mol. The Morgan fingerprint density at radius 3 is 2.92 bits per heavy atom. The highest BCUT2D eigenvalue weighted by atomic mass is 35.5. The van der Waals surface area contributed by atoms with Gasteiger partial charge in [0.1, 0.15) is 0 Å². The van der Waals surface area contributed by atoms with Gasteiger partial charge in [0, 0.05) is 25.5 Å². The number of rotatable bonds is 3. The van der Waals surface area contributed by atoms with Gasteiger partial charge in [0.15, 0.2) is 0 Å². The van der Waals surface area contributed by atoms with Gasteiger partial charge in [-0.2, -0.15) is 0 Å². The zero-order chi connectivity index (χ0) is 9.26. The summed E-state index contributed by atoms with van der Waals surface area (Å²) in [4.78, 5) is 0. The number of hydrogen-bond donors (Lipinski definition) is 1. The number of halogens is 1. The molecule has 0 saturated carbocycles. The van der Waals surface area contributed by atoms with E-state index in [-0.39, 0.29) is 0 Å². The fourth-order valence-corrected chi connectivity index (χ4v) is 1.62. The van der Waals surface area contributed by atoms with Crippen LogP contribution in [-0.4, -0.2) is 23.8 Å². The minimum atomic E-state index is 0.522. The zero-order valence-electron chi connectivity index (χ0n) is 7.59. The van der Waals surface area contributed by atoms with Crippen LogP contribution in [0.5, 0.6) is 0 Å².